The highest BCUT2D eigenvalue weighted by molar-refractivity contribution is 7.99. The standard InChI is InChI=1S/C17H14FN3O2S/c1-23-15-8-7-12(9-13(15)18)14(22)10-24-17-19-16(20-21-17)11-5-3-2-4-6-11/h2-9H,10H2,1H3,(H,19,20,21). The Hall–Kier alpha value is -2.67. The molecular weight excluding hydrogens is 329 g/mol. The van der Waals surface area contributed by atoms with Gasteiger partial charge in [-0.05, 0) is 18.2 Å². The lowest BCUT2D eigenvalue weighted by atomic mass is 10.1. The van der Waals surface area contributed by atoms with Gasteiger partial charge in [0.1, 0.15) is 0 Å². The summed E-state index contributed by atoms with van der Waals surface area (Å²) in [7, 11) is 1.38. The van der Waals surface area contributed by atoms with E-state index in [4.69, 9.17) is 4.74 Å². The van der Waals surface area contributed by atoms with Crippen molar-refractivity contribution in [2.24, 2.45) is 0 Å². The highest BCUT2D eigenvalue weighted by atomic mass is 32.2. The number of nitrogens with one attached hydrogen (secondary N) is 1. The van der Waals surface area contributed by atoms with Crippen molar-refractivity contribution >= 4 is 17.5 Å². The van der Waals surface area contributed by atoms with Gasteiger partial charge in [-0.15, -0.1) is 5.10 Å². The summed E-state index contributed by atoms with van der Waals surface area (Å²) in [6.45, 7) is 0. The number of thioether (sulfide) groups is 1. The summed E-state index contributed by atoms with van der Waals surface area (Å²) in [6, 6.07) is 13.7. The minimum Gasteiger partial charge on any atom is -0.494 e. The van der Waals surface area contributed by atoms with Crippen molar-refractivity contribution in [3.05, 3.63) is 59.9 Å². The van der Waals surface area contributed by atoms with E-state index in [0.717, 1.165) is 5.56 Å². The van der Waals surface area contributed by atoms with Crippen molar-refractivity contribution in [3.8, 4) is 17.1 Å². The van der Waals surface area contributed by atoms with Gasteiger partial charge in [0, 0.05) is 11.1 Å². The molecule has 0 saturated carbocycles. The molecule has 3 aromatic rings. The van der Waals surface area contributed by atoms with E-state index < -0.39 is 5.82 Å². The van der Waals surface area contributed by atoms with E-state index in [1.165, 1.54) is 37.1 Å². The first-order valence-corrected chi connectivity index (χ1v) is 8.13. The molecule has 0 atom stereocenters. The van der Waals surface area contributed by atoms with E-state index >= 15 is 0 Å². The predicted molar refractivity (Wildman–Crippen MR) is 89.8 cm³/mol. The zero-order chi connectivity index (χ0) is 16.9. The van der Waals surface area contributed by atoms with Crippen LogP contribution in [0.3, 0.4) is 0 Å². The molecule has 7 heteroatoms. The van der Waals surface area contributed by atoms with Crippen LogP contribution in [0.2, 0.25) is 0 Å². The molecule has 0 aliphatic carbocycles. The molecule has 0 fully saturated rings. The molecule has 0 bridgehead atoms. The molecule has 24 heavy (non-hydrogen) atoms. The van der Waals surface area contributed by atoms with Gasteiger partial charge in [0.05, 0.1) is 12.9 Å². The van der Waals surface area contributed by atoms with Crippen molar-refractivity contribution < 1.29 is 13.9 Å². The van der Waals surface area contributed by atoms with Crippen LogP contribution >= 0.6 is 11.8 Å². The molecule has 1 heterocycles. The van der Waals surface area contributed by atoms with Crippen LogP contribution in [-0.4, -0.2) is 33.8 Å². The number of H-pyrrole nitrogens is 1. The second-order valence-corrected chi connectivity index (χ2v) is 5.84. The molecule has 0 radical (unpaired) electrons. The Kier molecular flexibility index (Phi) is 4.90. The van der Waals surface area contributed by atoms with Gasteiger partial charge in [0.15, 0.2) is 23.2 Å². The lowest BCUT2D eigenvalue weighted by Crippen LogP contribution is -2.03. The average molecular weight is 343 g/mol. The van der Waals surface area contributed by atoms with Crippen molar-refractivity contribution in [1.82, 2.24) is 15.2 Å². The maximum atomic E-state index is 13.7. The van der Waals surface area contributed by atoms with E-state index in [1.807, 2.05) is 30.3 Å². The van der Waals surface area contributed by atoms with Gasteiger partial charge >= 0.3 is 0 Å². The number of methoxy groups -OCH3 is 1. The summed E-state index contributed by atoms with van der Waals surface area (Å²) < 4.78 is 18.5. The lowest BCUT2D eigenvalue weighted by Gasteiger charge is -2.03. The van der Waals surface area contributed by atoms with Crippen molar-refractivity contribution in [2.45, 2.75) is 5.16 Å². The third-order valence-corrected chi connectivity index (χ3v) is 4.17. The van der Waals surface area contributed by atoms with Gasteiger partial charge < -0.3 is 4.74 Å². The number of benzene rings is 2. The summed E-state index contributed by atoms with van der Waals surface area (Å²) in [5.74, 6) is 0.115. The number of aromatic nitrogens is 3. The maximum absolute atomic E-state index is 13.7. The SMILES string of the molecule is COc1ccc(C(=O)CSc2n[nH]c(-c3ccccc3)n2)cc1F. The molecule has 0 amide bonds. The zero-order valence-electron chi connectivity index (χ0n) is 12.8. The van der Waals surface area contributed by atoms with Gasteiger partial charge in [-0.2, -0.15) is 0 Å². The third-order valence-electron chi connectivity index (χ3n) is 3.32. The molecule has 0 aliphatic heterocycles. The predicted octanol–water partition coefficient (Wildman–Crippen LogP) is 3.59. The lowest BCUT2D eigenvalue weighted by molar-refractivity contribution is 0.102. The minimum absolute atomic E-state index is 0.112. The van der Waals surface area contributed by atoms with Crippen molar-refractivity contribution in [2.75, 3.05) is 12.9 Å². The zero-order valence-corrected chi connectivity index (χ0v) is 13.6. The Morgan fingerprint density at radius 2 is 2.04 bits per heavy atom. The average Bonchev–Trinajstić information content (AvgIpc) is 3.09. The molecule has 1 N–H and O–H groups in total. The van der Waals surface area contributed by atoms with Crippen LogP contribution in [-0.2, 0) is 0 Å². The molecule has 0 aliphatic rings. The Morgan fingerprint density at radius 1 is 1.25 bits per heavy atom. The number of carbonyl (C=O) groups is 1. The quantitative estimate of drug-likeness (QED) is 0.547. The summed E-state index contributed by atoms with van der Waals surface area (Å²) in [5, 5.41) is 7.39. The first-order valence-electron chi connectivity index (χ1n) is 7.14. The van der Waals surface area contributed by atoms with Crippen LogP contribution in [0.5, 0.6) is 5.75 Å². The number of hydrogen-bond donors (Lipinski definition) is 1. The number of carbonyl (C=O) groups excluding carboxylic acids is 1. The number of ether oxygens (including phenoxy) is 1. The fraction of sp³-hybridized carbons (Fsp3) is 0.118. The highest BCUT2D eigenvalue weighted by Gasteiger charge is 2.13. The number of halogens is 1. The first kappa shape index (κ1) is 16.2. The van der Waals surface area contributed by atoms with Crippen LogP contribution in [0, 0.1) is 5.82 Å². The monoisotopic (exact) mass is 343 g/mol. The minimum atomic E-state index is -0.558. The van der Waals surface area contributed by atoms with Gasteiger partial charge in [-0.1, -0.05) is 42.1 Å². The molecular formula is C17H14FN3O2S. The van der Waals surface area contributed by atoms with E-state index in [1.54, 1.807) is 0 Å². The Morgan fingerprint density at radius 3 is 2.75 bits per heavy atom. The Bertz CT molecular complexity index is 852. The topological polar surface area (TPSA) is 67.9 Å². The number of Topliss-reactive ketones (excluding diaryl/α,β-unsaturated/α-hetero) is 1. The summed E-state index contributed by atoms with van der Waals surface area (Å²) >= 11 is 1.20. The number of hydrogen-bond acceptors (Lipinski definition) is 5. The smallest absolute Gasteiger partial charge is 0.209 e. The Balaban J connectivity index is 1.65. The van der Waals surface area contributed by atoms with Crippen LogP contribution in [0.4, 0.5) is 4.39 Å². The van der Waals surface area contributed by atoms with E-state index in [2.05, 4.69) is 15.2 Å². The van der Waals surface area contributed by atoms with Crippen molar-refractivity contribution in [1.29, 1.82) is 0 Å². The van der Waals surface area contributed by atoms with E-state index in [0.29, 0.717) is 16.5 Å². The molecule has 0 spiro atoms. The van der Waals surface area contributed by atoms with E-state index in [9.17, 15) is 9.18 Å². The molecule has 0 unspecified atom stereocenters. The summed E-state index contributed by atoms with van der Waals surface area (Å²) in [5.41, 5.74) is 1.21. The fourth-order valence-electron chi connectivity index (χ4n) is 2.09. The molecule has 5 nitrogen and oxygen atoms in total. The van der Waals surface area contributed by atoms with Crippen LogP contribution in [0.1, 0.15) is 10.4 Å². The normalized spacial score (nSPS) is 10.6. The van der Waals surface area contributed by atoms with Crippen LogP contribution in [0.25, 0.3) is 11.4 Å². The largest absolute Gasteiger partial charge is 0.494 e. The van der Waals surface area contributed by atoms with Crippen LogP contribution < -0.4 is 4.74 Å². The Labute approximate surface area is 142 Å². The maximum Gasteiger partial charge on any atom is 0.209 e. The third kappa shape index (κ3) is 3.62. The molecule has 2 aromatic carbocycles. The van der Waals surface area contributed by atoms with Gasteiger partial charge in [-0.3, -0.25) is 9.89 Å². The number of nitrogens with zero attached hydrogens (tertiary/aromatic N) is 2. The summed E-state index contributed by atoms with van der Waals surface area (Å²) in [6.07, 6.45) is 0. The second-order valence-electron chi connectivity index (χ2n) is 4.89. The molecule has 0 saturated heterocycles. The summed E-state index contributed by atoms with van der Waals surface area (Å²) in [4.78, 5) is 16.5. The first-order chi connectivity index (χ1) is 11.7. The number of ketones is 1. The highest BCUT2D eigenvalue weighted by Crippen LogP contribution is 2.22. The number of aromatic amines is 1. The molecule has 122 valence electrons. The second kappa shape index (κ2) is 7.27. The van der Waals surface area contributed by atoms with Crippen LogP contribution in [0.15, 0.2) is 53.7 Å². The van der Waals surface area contributed by atoms with Gasteiger partial charge in [-0.25, -0.2) is 9.37 Å². The fourth-order valence-corrected chi connectivity index (χ4v) is 2.78. The van der Waals surface area contributed by atoms with E-state index in [-0.39, 0.29) is 17.3 Å². The van der Waals surface area contributed by atoms with Gasteiger partial charge in [0.2, 0.25) is 5.16 Å². The molecule has 3 rings (SSSR count). The van der Waals surface area contributed by atoms with Gasteiger partial charge in [0.25, 0.3) is 0 Å². The number of rotatable bonds is 6. The van der Waals surface area contributed by atoms with Crippen molar-refractivity contribution in [3.63, 3.8) is 0 Å². The molecule has 1 aromatic heterocycles.